The molecular weight excluding hydrogens is 360 g/mol. The number of nitrogens with one attached hydrogen (secondary N) is 1. The molecule has 1 heterocycles. The zero-order valence-electron chi connectivity index (χ0n) is 15.1. The predicted molar refractivity (Wildman–Crippen MR) is 105 cm³/mol. The Hall–Kier alpha value is -3.94. The summed E-state index contributed by atoms with van der Waals surface area (Å²) in [6, 6.07) is 17.2. The highest BCUT2D eigenvalue weighted by Crippen LogP contribution is 2.17. The normalized spacial score (nSPS) is 10.8. The fraction of sp³-hybridized carbons (Fsp3) is 0.100. The fourth-order valence-corrected chi connectivity index (χ4v) is 2.53. The SMILES string of the molecule is Cc1cccc(OCC(=O)NN=Cc2cccn2-c2ccc([N+](=O)[O-])cc2)c1. The van der Waals surface area contributed by atoms with Gasteiger partial charge in [-0.2, -0.15) is 5.10 Å². The second-order valence-electron chi connectivity index (χ2n) is 5.97. The minimum Gasteiger partial charge on any atom is -0.484 e. The third kappa shape index (κ3) is 4.82. The number of carbonyl (C=O) groups is 1. The van der Waals surface area contributed by atoms with Gasteiger partial charge in [0.25, 0.3) is 11.6 Å². The monoisotopic (exact) mass is 378 g/mol. The summed E-state index contributed by atoms with van der Waals surface area (Å²) in [6.45, 7) is 1.79. The number of nitro benzene ring substituents is 1. The van der Waals surface area contributed by atoms with Crippen molar-refractivity contribution in [2.45, 2.75) is 6.92 Å². The van der Waals surface area contributed by atoms with Crippen molar-refractivity contribution in [2.24, 2.45) is 5.10 Å². The largest absolute Gasteiger partial charge is 0.484 e. The van der Waals surface area contributed by atoms with E-state index in [4.69, 9.17) is 4.74 Å². The molecule has 0 radical (unpaired) electrons. The van der Waals surface area contributed by atoms with Crippen LogP contribution in [0.1, 0.15) is 11.3 Å². The topological polar surface area (TPSA) is 98.8 Å². The Morgan fingerprint density at radius 3 is 2.71 bits per heavy atom. The third-order valence-electron chi connectivity index (χ3n) is 3.86. The molecule has 2 aromatic carbocycles. The van der Waals surface area contributed by atoms with Crippen LogP contribution in [0.25, 0.3) is 5.69 Å². The Morgan fingerprint density at radius 1 is 1.21 bits per heavy atom. The summed E-state index contributed by atoms with van der Waals surface area (Å²) in [6.07, 6.45) is 3.29. The molecule has 0 atom stereocenters. The molecule has 0 unspecified atom stereocenters. The number of non-ortho nitro benzene ring substituents is 1. The summed E-state index contributed by atoms with van der Waals surface area (Å²) >= 11 is 0. The fourth-order valence-electron chi connectivity index (χ4n) is 2.53. The summed E-state index contributed by atoms with van der Waals surface area (Å²) in [7, 11) is 0. The van der Waals surface area contributed by atoms with Crippen LogP contribution in [0.4, 0.5) is 5.69 Å². The van der Waals surface area contributed by atoms with Crippen LogP contribution in [0, 0.1) is 17.0 Å². The number of rotatable bonds is 7. The average molecular weight is 378 g/mol. The molecule has 0 aliphatic heterocycles. The maximum atomic E-state index is 11.9. The molecule has 8 heteroatoms. The van der Waals surface area contributed by atoms with Crippen molar-refractivity contribution in [1.29, 1.82) is 0 Å². The highest BCUT2D eigenvalue weighted by molar-refractivity contribution is 5.82. The van der Waals surface area contributed by atoms with Gasteiger partial charge in [-0.3, -0.25) is 14.9 Å². The first-order chi connectivity index (χ1) is 13.5. The molecule has 3 rings (SSSR count). The van der Waals surface area contributed by atoms with Crippen molar-refractivity contribution in [1.82, 2.24) is 9.99 Å². The van der Waals surface area contributed by atoms with Crippen LogP contribution in [-0.2, 0) is 4.79 Å². The lowest BCUT2D eigenvalue weighted by atomic mass is 10.2. The first kappa shape index (κ1) is 18.8. The molecule has 1 aromatic heterocycles. The number of aromatic nitrogens is 1. The summed E-state index contributed by atoms with van der Waals surface area (Å²) in [4.78, 5) is 22.2. The smallest absolute Gasteiger partial charge is 0.277 e. The van der Waals surface area contributed by atoms with Gasteiger partial charge in [-0.25, -0.2) is 5.43 Å². The Morgan fingerprint density at radius 2 is 2.00 bits per heavy atom. The molecule has 0 aliphatic carbocycles. The van der Waals surface area contributed by atoms with Crippen molar-refractivity contribution >= 4 is 17.8 Å². The number of hydrogen-bond donors (Lipinski definition) is 1. The molecule has 0 saturated heterocycles. The van der Waals surface area contributed by atoms with E-state index < -0.39 is 4.92 Å². The molecule has 1 amide bonds. The third-order valence-corrected chi connectivity index (χ3v) is 3.86. The van der Waals surface area contributed by atoms with Crippen LogP contribution >= 0.6 is 0 Å². The van der Waals surface area contributed by atoms with Gasteiger partial charge in [0.1, 0.15) is 5.75 Å². The van der Waals surface area contributed by atoms with Crippen LogP contribution in [0.3, 0.4) is 0 Å². The molecule has 142 valence electrons. The van der Waals surface area contributed by atoms with Gasteiger partial charge in [0.15, 0.2) is 6.61 Å². The molecule has 1 N–H and O–H groups in total. The molecule has 3 aromatic rings. The number of aryl methyl sites for hydroxylation is 1. The summed E-state index contributed by atoms with van der Waals surface area (Å²) in [5, 5.41) is 14.7. The predicted octanol–water partition coefficient (Wildman–Crippen LogP) is 3.22. The second-order valence-corrected chi connectivity index (χ2v) is 5.97. The summed E-state index contributed by atoms with van der Waals surface area (Å²) in [5.74, 6) is 0.234. The quantitative estimate of drug-likeness (QED) is 0.388. The van der Waals surface area contributed by atoms with Gasteiger partial charge >= 0.3 is 0 Å². The number of benzene rings is 2. The number of nitro groups is 1. The number of hydrazone groups is 1. The lowest BCUT2D eigenvalue weighted by Gasteiger charge is -2.07. The van der Waals surface area contributed by atoms with Gasteiger partial charge in [-0.05, 0) is 48.9 Å². The van der Waals surface area contributed by atoms with E-state index in [2.05, 4.69) is 10.5 Å². The van der Waals surface area contributed by atoms with Crippen molar-refractivity contribution in [3.05, 3.63) is 88.2 Å². The Bertz CT molecular complexity index is 1010. The minimum absolute atomic E-state index is 0.0204. The van der Waals surface area contributed by atoms with E-state index in [1.165, 1.54) is 18.3 Å². The summed E-state index contributed by atoms with van der Waals surface area (Å²) in [5.41, 5.74) is 4.92. The van der Waals surface area contributed by atoms with Gasteiger partial charge in [-0.15, -0.1) is 0 Å². The van der Waals surface area contributed by atoms with Crippen LogP contribution in [0.5, 0.6) is 5.75 Å². The van der Waals surface area contributed by atoms with Gasteiger partial charge in [0, 0.05) is 24.0 Å². The van der Waals surface area contributed by atoms with Crippen molar-refractivity contribution < 1.29 is 14.5 Å². The van der Waals surface area contributed by atoms with Gasteiger partial charge in [-0.1, -0.05) is 12.1 Å². The van der Waals surface area contributed by atoms with Crippen LogP contribution in [-0.4, -0.2) is 28.2 Å². The highest BCUT2D eigenvalue weighted by Gasteiger charge is 2.07. The molecule has 0 bridgehead atoms. The number of amides is 1. The molecule has 0 saturated carbocycles. The zero-order chi connectivity index (χ0) is 19.9. The molecular formula is C20H18N4O4. The van der Waals surface area contributed by atoms with Crippen molar-refractivity contribution in [3.63, 3.8) is 0 Å². The molecule has 28 heavy (non-hydrogen) atoms. The summed E-state index contributed by atoms with van der Waals surface area (Å²) < 4.78 is 7.21. The van der Waals surface area contributed by atoms with E-state index in [1.54, 1.807) is 35.0 Å². The second kappa shape index (κ2) is 8.63. The van der Waals surface area contributed by atoms with Crippen LogP contribution in [0.15, 0.2) is 72.0 Å². The molecule has 8 nitrogen and oxygen atoms in total. The minimum atomic E-state index is -0.448. The molecule has 0 spiro atoms. The number of nitrogens with zero attached hydrogens (tertiary/aromatic N) is 3. The Labute approximate surface area is 161 Å². The van der Waals surface area contributed by atoms with E-state index in [9.17, 15) is 14.9 Å². The standard InChI is InChI=1S/C20H18N4O4/c1-15-4-2-6-19(12-15)28-14-20(25)22-21-13-18-5-3-11-23(18)16-7-9-17(10-8-16)24(26)27/h2-13H,14H2,1H3,(H,22,25). The Balaban J connectivity index is 1.58. The maximum Gasteiger partial charge on any atom is 0.277 e. The van der Waals surface area contributed by atoms with E-state index in [-0.39, 0.29) is 18.2 Å². The van der Waals surface area contributed by atoms with Gasteiger partial charge in [0.05, 0.1) is 16.8 Å². The number of hydrogen-bond acceptors (Lipinski definition) is 5. The van der Waals surface area contributed by atoms with E-state index >= 15 is 0 Å². The van der Waals surface area contributed by atoms with Crippen LogP contribution in [0.2, 0.25) is 0 Å². The molecule has 0 aliphatic rings. The average Bonchev–Trinajstić information content (AvgIpc) is 3.15. The van der Waals surface area contributed by atoms with Gasteiger partial charge < -0.3 is 9.30 Å². The first-order valence-corrected chi connectivity index (χ1v) is 8.46. The van der Waals surface area contributed by atoms with Crippen molar-refractivity contribution in [3.8, 4) is 11.4 Å². The zero-order valence-corrected chi connectivity index (χ0v) is 15.1. The maximum absolute atomic E-state index is 11.9. The first-order valence-electron chi connectivity index (χ1n) is 8.46. The highest BCUT2D eigenvalue weighted by atomic mass is 16.6. The molecule has 0 fully saturated rings. The van der Waals surface area contributed by atoms with Gasteiger partial charge in [0.2, 0.25) is 0 Å². The van der Waals surface area contributed by atoms with Crippen LogP contribution < -0.4 is 10.2 Å². The lowest BCUT2D eigenvalue weighted by Crippen LogP contribution is -2.24. The van der Waals surface area contributed by atoms with E-state index in [0.717, 1.165) is 11.3 Å². The van der Waals surface area contributed by atoms with E-state index in [1.807, 2.05) is 31.2 Å². The number of ether oxygens (including phenoxy) is 1. The lowest BCUT2D eigenvalue weighted by molar-refractivity contribution is -0.384. The van der Waals surface area contributed by atoms with Crippen molar-refractivity contribution in [2.75, 3.05) is 6.61 Å². The van der Waals surface area contributed by atoms with E-state index in [0.29, 0.717) is 11.4 Å². The Kier molecular flexibility index (Phi) is 5.81. The number of carbonyl (C=O) groups excluding carboxylic acids is 1.